The van der Waals surface area contributed by atoms with E-state index < -0.39 is 0 Å². The fraction of sp³-hybridized carbons (Fsp3) is 0.444. The Balaban J connectivity index is 2.72. The summed E-state index contributed by atoms with van der Waals surface area (Å²) in [6.07, 6.45) is 1.77. The zero-order valence-electron chi connectivity index (χ0n) is 7.54. The summed E-state index contributed by atoms with van der Waals surface area (Å²) in [6.45, 7) is 4.73. The van der Waals surface area contributed by atoms with Crippen LogP contribution >= 0.6 is 0 Å². The summed E-state index contributed by atoms with van der Waals surface area (Å²) in [4.78, 5) is 4.16. The van der Waals surface area contributed by atoms with Crippen LogP contribution in [0.15, 0.2) is 18.3 Å². The fourth-order valence-electron chi connectivity index (χ4n) is 0.976. The Labute approximate surface area is 73.0 Å². The van der Waals surface area contributed by atoms with Gasteiger partial charge in [-0.3, -0.25) is 0 Å². The first-order chi connectivity index (χ1) is 5.72. The summed E-state index contributed by atoms with van der Waals surface area (Å²) >= 11 is 0. The van der Waals surface area contributed by atoms with Crippen LogP contribution in [0, 0.1) is 0 Å². The summed E-state index contributed by atoms with van der Waals surface area (Å²) in [5.74, 6) is 0.896. The SMILES string of the molecule is CC(C)Nc1cc(CN)ccn1. The van der Waals surface area contributed by atoms with E-state index in [4.69, 9.17) is 5.73 Å². The van der Waals surface area contributed by atoms with Crippen LogP contribution in [-0.4, -0.2) is 11.0 Å². The second-order valence-corrected chi connectivity index (χ2v) is 3.05. The number of nitrogens with two attached hydrogens (primary N) is 1. The number of aromatic nitrogens is 1. The van der Waals surface area contributed by atoms with Gasteiger partial charge in [0.05, 0.1) is 0 Å². The second-order valence-electron chi connectivity index (χ2n) is 3.05. The van der Waals surface area contributed by atoms with Crippen LogP contribution in [0.2, 0.25) is 0 Å². The molecule has 0 radical (unpaired) electrons. The van der Waals surface area contributed by atoms with E-state index in [2.05, 4.69) is 24.1 Å². The Morgan fingerprint density at radius 1 is 1.58 bits per heavy atom. The van der Waals surface area contributed by atoms with E-state index >= 15 is 0 Å². The van der Waals surface area contributed by atoms with E-state index in [1.54, 1.807) is 6.20 Å². The van der Waals surface area contributed by atoms with Gasteiger partial charge in [0.2, 0.25) is 0 Å². The molecule has 0 saturated carbocycles. The van der Waals surface area contributed by atoms with Crippen molar-refractivity contribution in [2.24, 2.45) is 5.73 Å². The minimum atomic E-state index is 0.408. The predicted molar refractivity (Wildman–Crippen MR) is 50.9 cm³/mol. The van der Waals surface area contributed by atoms with Gasteiger partial charge >= 0.3 is 0 Å². The van der Waals surface area contributed by atoms with Crippen molar-refractivity contribution in [2.75, 3.05) is 5.32 Å². The molecule has 0 spiro atoms. The standard InChI is InChI=1S/C9H15N3/c1-7(2)12-9-5-8(6-10)3-4-11-9/h3-5,7H,6,10H2,1-2H3,(H,11,12). The normalized spacial score (nSPS) is 10.3. The van der Waals surface area contributed by atoms with Gasteiger partial charge in [0, 0.05) is 18.8 Å². The van der Waals surface area contributed by atoms with Crippen molar-refractivity contribution in [3.63, 3.8) is 0 Å². The highest BCUT2D eigenvalue weighted by Crippen LogP contribution is 2.06. The Morgan fingerprint density at radius 3 is 2.92 bits per heavy atom. The molecule has 1 rings (SSSR count). The summed E-state index contributed by atoms with van der Waals surface area (Å²) in [5.41, 5.74) is 6.60. The van der Waals surface area contributed by atoms with Gasteiger partial charge in [0.15, 0.2) is 0 Å². The molecule has 0 aromatic carbocycles. The van der Waals surface area contributed by atoms with Gasteiger partial charge in [-0.2, -0.15) is 0 Å². The molecule has 1 aromatic heterocycles. The third-order valence-electron chi connectivity index (χ3n) is 1.50. The lowest BCUT2D eigenvalue weighted by Gasteiger charge is -2.09. The van der Waals surface area contributed by atoms with E-state index in [-0.39, 0.29) is 0 Å². The van der Waals surface area contributed by atoms with Gasteiger partial charge in [-0.05, 0) is 31.5 Å². The molecule has 0 fully saturated rings. The molecule has 0 saturated heterocycles. The minimum Gasteiger partial charge on any atom is -0.368 e. The molecule has 3 nitrogen and oxygen atoms in total. The maximum atomic E-state index is 5.49. The molecule has 3 heteroatoms. The molecule has 1 aromatic rings. The highest BCUT2D eigenvalue weighted by atomic mass is 15.0. The van der Waals surface area contributed by atoms with Crippen LogP contribution in [0.3, 0.4) is 0 Å². The number of anilines is 1. The largest absolute Gasteiger partial charge is 0.368 e. The third-order valence-corrected chi connectivity index (χ3v) is 1.50. The smallest absolute Gasteiger partial charge is 0.126 e. The molecule has 0 amide bonds. The first-order valence-corrected chi connectivity index (χ1v) is 4.14. The van der Waals surface area contributed by atoms with E-state index in [1.165, 1.54) is 0 Å². The summed E-state index contributed by atoms with van der Waals surface area (Å²) < 4.78 is 0. The topological polar surface area (TPSA) is 50.9 Å². The molecule has 0 bridgehead atoms. The van der Waals surface area contributed by atoms with Gasteiger partial charge in [-0.15, -0.1) is 0 Å². The summed E-state index contributed by atoms with van der Waals surface area (Å²) in [6, 6.07) is 4.30. The van der Waals surface area contributed by atoms with Crippen LogP contribution in [0.25, 0.3) is 0 Å². The number of hydrogen-bond donors (Lipinski definition) is 2. The zero-order valence-corrected chi connectivity index (χ0v) is 7.54. The molecule has 1 heterocycles. The van der Waals surface area contributed by atoms with Crippen LogP contribution in [0.5, 0.6) is 0 Å². The molecule has 0 aliphatic rings. The second kappa shape index (κ2) is 4.07. The maximum Gasteiger partial charge on any atom is 0.126 e. The number of nitrogens with zero attached hydrogens (tertiary/aromatic N) is 1. The lowest BCUT2D eigenvalue weighted by atomic mass is 10.2. The first-order valence-electron chi connectivity index (χ1n) is 4.14. The van der Waals surface area contributed by atoms with E-state index in [9.17, 15) is 0 Å². The Bertz CT molecular complexity index is 245. The fourth-order valence-corrected chi connectivity index (χ4v) is 0.976. The lowest BCUT2D eigenvalue weighted by Crippen LogP contribution is -2.11. The molecule has 12 heavy (non-hydrogen) atoms. The Morgan fingerprint density at radius 2 is 2.33 bits per heavy atom. The van der Waals surface area contributed by atoms with Gasteiger partial charge in [0.25, 0.3) is 0 Å². The molecule has 0 aliphatic carbocycles. The monoisotopic (exact) mass is 165 g/mol. The minimum absolute atomic E-state index is 0.408. The molecule has 0 unspecified atom stereocenters. The van der Waals surface area contributed by atoms with E-state index in [1.807, 2.05) is 12.1 Å². The quantitative estimate of drug-likeness (QED) is 0.711. The highest BCUT2D eigenvalue weighted by Gasteiger charge is 1.96. The number of hydrogen-bond acceptors (Lipinski definition) is 3. The predicted octanol–water partition coefficient (Wildman–Crippen LogP) is 1.36. The van der Waals surface area contributed by atoms with Gasteiger partial charge in [0.1, 0.15) is 5.82 Å². The number of nitrogens with one attached hydrogen (secondary N) is 1. The van der Waals surface area contributed by atoms with Crippen molar-refractivity contribution in [3.05, 3.63) is 23.9 Å². The molecular formula is C9H15N3. The summed E-state index contributed by atoms with van der Waals surface area (Å²) in [5, 5.41) is 3.21. The maximum absolute atomic E-state index is 5.49. The average Bonchev–Trinajstić information content (AvgIpc) is 2.03. The number of rotatable bonds is 3. The average molecular weight is 165 g/mol. The van der Waals surface area contributed by atoms with Crippen molar-refractivity contribution in [1.82, 2.24) is 4.98 Å². The number of pyridine rings is 1. The molecule has 3 N–H and O–H groups in total. The Kier molecular flexibility index (Phi) is 3.05. The lowest BCUT2D eigenvalue weighted by molar-refractivity contribution is 0.887. The third kappa shape index (κ3) is 2.51. The molecule has 0 aliphatic heterocycles. The van der Waals surface area contributed by atoms with Crippen LogP contribution in [0.1, 0.15) is 19.4 Å². The van der Waals surface area contributed by atoms with Crippen LogP contribution in [-0.2, 0) is 6.54 Å². The zero-order chi connectivity index (χ0) is 8.97. The van der Waals surface area contributed by atoms with E-state index in [0.717, 1.165) is 11.4 Å². The van der Waals surface area contributed by atoms with Crippen molar-refractivity contribution in [3.8, 4) is 0 Å². The van der Waals surface area contributed by atoms with Crippen molar-refractivity contribution < 1.29 is 0 Å². The van der Waals surface area contributed by atoms with Crippen molar-refractivity contribution in [1.29, 1.82) is 0 Å². The van der Waals surface area contributed by atoms with Crippen LogP contribution < -0.4 is 11.1 Å². The summed E-state index contributed by atoms with van der Waals surface area (Å²) in [7, 11) is 0. The molecule has 66 valence electrons. The first kappa shape index (κ1) is 9.00. The van der Waals surface area contributed by atoms with Gasteiger partial charge in [-0.25, -0.2) is 4.98 Å². The highest BCUT2D eigenvalue weighted by molar-refractivity contribution is 5.37. The molecule has 0 atom stereocenters. The van der Waals surface area contributed by atoms with Crippen molar-refractivity contribution in [2.45, 2.75) is 26.4 Å². The molecular weight excluding hydrogens is 150 g/mol. The van der Waals surface area contributed by atoms with Crippen molar-refractivity contribution >= 4 is 5.82 Å². The Hall–Kier alpha value is -1.09. The van der Waals surface area contributed by atoms with E-state index in [0.29, 0.717) is 12.6 Å². The van der Waals surface area contributed by atoms with Gasteiger partial charge < -0.3 is 11.1 Å². The van der Waals surface area contributed by atoms with Crippen LogP contribution in [0.4, 0.5) is 5.82 Å². The van der Waals surface area contributed by atoms with Gasteiger partial charge in [-0.1, -0.05) is 0 Å².